The van der Waals surface area contributed by atoms with E-state index in [9.17, 15) is 0 Å². The smallest absolute Gasteiger partial charge is 0.0513 e. The highest BCUT2D eigenvalue weighted by atomic mass is 35.5. The molecule has 0 spiro atoms. The Hall–Kier alpha value is -0.570. The molecule has 1 fully saturated rings. The van der Waals surface area contributed by atoms with Crippen LogP contribution in [0.25, 0.3) is 0 Å². The summed E-state index contributed by atoms with van der Waals surface area (Å²) in [6, 6.07) is 8.51. The first-order valence-electron chi connectivity index (χ1n) is 5.88. The summed E-state index contributed by atoms with van der Waals surface area (Å²) >= 11 is 5.91. The minimum absolute atomic E-state index is 0.393. The van der Waals surface area contributed by atoms with E-state index in [0.717, 1.165) is 31.2 Å². The molecule has 2 unspecified atom stereocenters. The van der Waals surface area contributed by atoms with Crippen molar-refractivity contribution in [2.45, 2.75) is 19.4 Å². The highest BCUT2D eigenvalue weighted by Gasteiger charge is 2.26. The van der Waals surface area contributed by atoms with Crippen molar-refractivity contribution in [3.8, 4) is 0 Å². The zero-order valence-electron chi connectivity index (χ0n) is 9.58. The first-order valence-corrected chi connectivity index (χ1v) is 6.25. The molecule has 1 aliphatic rings. The first kappa shape index (κ1) is 11.9. The predicted molar refractivity (Wildman–Crippen MR) is 66.8 cm³/mol. The van der Waals surface area contributed by atoms with Crippen molar-refractivity contribution in [3.63, 3.8) is 0 Å². The molecule has 1 heterocycles. The minimum Gasteiger partial charge on any atom is -0.381 e. The summed E-state index contributed by atoms with van der Waals surface area (Å²) in [6.07, 6.45) is 1.14. The van der Waals surface area contributed by atoms with Crippen LogP contribution in [0.2, 0.25) is 5.02 Å². The fourth-order valence-corrected chi connectivity index (χ4v) is 2.39. The van der Waals surface area contributed by atoms with Gasteiger partial charge in [-0.25, -0.2) is 0 Å². The molecular formula is C13H18ClNO. The Bertz CT molecular complexity index is 319. The van der Waals surface area contributed by atoms with Crippen molar-refractivity contribution >= 4 is 11.6 Å². The Morgan fingerprint density at radius 1 is 1.44 bits per heavy atom. The normalized spacial score (nSPS) is 22.2. The monoisotopic (exact) mass is 239 g/mol. The second-order valence-corrected chi connectivity index (χ2v) is 4.65. The van der Waals surface area contributed by atoms with E-state index in [1.807, 2.05) is 12.1 Å². The highest BCUT2D eigenvalue weighted by molar-refractivity contribution is 6.30. The average molecular weight is 240 g/mol. The maximum absolute atomic E-state index is 5.91. The van der Waals surface area contributed by atoms with Gasteiger partial charge in [-0.1, -0.05) is 30.7 Å². The van der Waals surface area contributed by atoms with Crippen LogP contribution in [-0.2, 0) is 4.74 Å². The topological polar surface area (TPSA) is 21.3 Å². The Labute approximate surface area is 102 Å². The molecule has 2 atom stereocenters. The summed E-state index contributed by atoms with van der Waals surface area (Å²) in [5.41, 5.74) is 1.31. The second-order valence-electron chi connectivity index (χ2n) is 4.21. The van der Waals surface area contributed by atoms with E-state index in [-0.39, 0.29) is 0 Å². The molecule has 88 valence electrons. The fourth-order valence-electron chi connectivity index (χ4n) is 2.26. The number of rotatable bonds is 4. The molecule has 1 N–H and O–H groups in total. The predicted octanol–water partition coefficient (Wildman–Crippen LogP) is 3.03. The van der Waals surface area contributed by atoms with Crippen LogP contribution in [0.3, 0.4) is 0 Å². The molecule has 1 saturated heterocycles. The maximum Gasteiger partial charge on any atom is 0.0513 e. The molecule has 1 aromatic rings. The Morgan fingerprint density at radius 3 is 2.75 bits per heavy atom. The molecule has 1 aliphatic heterocycles. The maximum atomic E-state index is 5.91. The van der Waals surface area contributed by atoms with Gasteiger partial charge in [0, 0.05) is 23.6 Å². The Balaban J connectivity index is 2.14. The van der Waals surface area contributed by atoms with Crippen molar-refractivity contribution in [1.29, 1.82) is 0 Å². The Kier molecular flexibility index (Phi) is 4.22. The first-order chi connectivity index (χ1) is 7.81. The van der Waals surface area contributed by atoms with Crippen molar-refractivity contribution < 1.29 is 4.74 Å². The van der Waals surface area contributed by atoms with Gasteiger partial charge in [-0.05, 0) is 30.7 Å². The van der Waals surface area contributed by atoms with E-state index in [0.29, 0.717) is 12.0 Å². The largest absolute Gasteiger partial charge is 0.381 e. The number of hydrogen-bond donors (Lipinski definition) is 1. The van der Waals surface area contributed by atoms with E-state index in [4.69, 9.17) is 16.3 Å². The van der Waals surface area contributed by atoms with Crippen LogP contribution in [0.15, 0.2) is 24.3 Å². The van der Waals surface area contributed by atoms with Crippen LogP contribution in [0.1, 0.15) is 24.9 Å². The lowest BCUT2D eigenvalue weighted by Crippen LogP contribution is -2.28. The second kappa shape index (κ2) is 5.67. The van der Waals surface area contributed by atoms with Crippen LogP contribution in [0.4, 0.5) is 0 Å². The number of hydrogen-bond acceptors (Lipinski definition) is 2. The molecule has 0 aliphatic carbocycles. The molecular weight excluding hydrogens is 222 g/mol. The van der Waals surface area contributed by atoms with Crippen LogP contribution in [-0.4, -0.2) is 19.8 Å². The van der Waals surface area contributed by atoms with E-state index in [1.165, 1.54) is 5.56 Å². The summed E-state index contributed by atoms with van der Waals surface area (Å²) in [5, 5.41) is 4.33. The summed E-state index contributed by atoms with van der Waals surface area (Å²) < 4.78 is 5.46. The van der Waals surface area contributed by atoms with Crippen molar-refractivity contribution in [1.82, 2.24) is 5.32 Å². The van der Waals surface area contributed by atoms with E-state index in [2.05, 4.69) is 24.4 Å². The molecule has 0 saturated carbocycles. The summed E-state index contributed by atoms with van der Waals surface area (Å²) in [6.45, 7) is 4.86. The van der Waals surface area contributed by atoms with Gasteiger partial charge in [0.1, 0.15) is 0 Å². The van der Waals surface area contributed by atoms with E-state index < -0.39 is 0 Å². The zero-order chi connectivity index (χ0) is 11.4. The van der Waals surface area contributed by atoms with E-state index >= 15 is 0 Å². The molecule has 2 nitrogen and oxygen atoms in total. The molecule has 16 heavy (non-hydrogen) atoms. The summed E-state index contributed by atoms with van der Waals surface area (Å²) in [4.78, 5) is 0. The van der Waals surface area contributed by atoms with Gasteiger partial charge >= 0.3 is 0 Å². The lowest BCUT2D eigenvalue weighted by Gasteiger charge is -2.23. The van der Waals surface area contributed by atoms with Crippen molar-refractivity contribution in [3.05, 3.63) is 34.9 Å². The van der Waals surface area contributed by atoms with Crippen molar-refractivity contribution in [2.24, 2.45) is 5.92 Å². The van der Waals surface area contributed by atoms with E-state index in [1.54, 1.807) is 0 Å². The van der Waals surface area contributed by atoms with Crippen LogP contribution >= 0.6 is 11.6 Å². The zero-order valence-corrected chi connectivity index (χ0v) is 10.3. The molecule has 0 bridgehead atoms. The summed E-state index contributed by atoms with van der Waals surface area (Å²) in [5.74, 6) is 0.584. The highest BCUT2D eigenvalue weighted by Crippen LogP contribution is 2.29. The van der Waals surface area contributed by atoms with Gasteiger partial charge in [-0.3, -0.25) is 0 Å². The van der Waals surface area contributed by atoms with Gasteiger partial charge in [0.15, 0.2) is 0 Å². The fraction of sp³-hybridized carbons (Fsp3) is 0.538. The van der Waals surface area contributed by atoms with Crippen LogP contribution in [0.5, 0.6) is 0 Å². The van der Waals surface area contributed by atoms with Crippen LogP contribution < -0.4 is 5.32 Å². The van der Waals surface area contributed by atoms with Crippen LogP contribution in [0, 0.1) is 5.92 Å². The van der Waals surface area contributed by atoms with Gasteiger partial charge in [-0.15, -0.1) is 0 Å². The lowest BCUT2D eigenvalue weighted by molar-refractivity contribution is 0.177. The Morgan fingerprint density at radius 2 is 2.19 bits per heavy atom. The molecule has 3 heteroatoms. The molecule has 1 aromatic carbocycles. The third-order valence-electron chi connectivity index (χ3n) is 3.09. The van der Waals surface area contributed by atoms with Gasteiger partial charge in [-0.2, -0.15) is 0 Å². The third-order valence-corrected chi connectivity index (χ3v) is 3.34. The van der Waals surface area contributed by atoms with Gasteiger partial charge < -0.3 is 10.1 Å². The SMILES string of the molecule is CCNC(c1ccc(Cl)cc1)C1CCOC1. The molecule has 0 amide bonds. The summed E-state index contributed by atoms with van der Waals surface area (Å²) in [7, 11) is 0. The molecule has 2 rings (SSSR count). The third kappa shape index (κ3) is 2.76. The number of nitrogens with one attached hydrogen (secondary N) is 1. The van der Waals surface area contributed by atoms with Crippen molar-refractivity contribution in [2.75, 3.05) is 19.8 Å². The molecule has 0 aromatic heterocycles. The quantitative estimate of drug-likeness (QED) is 0.872. The van der Waals surface area contributed by atoms with Gasteiger partial charge in [0.25, 0.3) is 0 Å². The van der Waals surface area contributed by atoms with Gasteiger partial charge in [0.2, 0.25) is 0 Å². The number of benzene rings is 1. The molecule has 0 radical (unpaired) electrons. The lowest BCUT2D eigenvalue weighted by atomic mass is 9.92. The number of halogens is 1. The minimum atomic E-state index is 0.393. The standard InChI is InChI=1S/C13H18ClNO/c1-2-15-13(11-7-8-16-9-11)10-3-5-12(14)6-4-10/h3-6,11,13,15H,2,7-9H2,1H3. The average Bonchev–Trinajstić information content (AvgIpc) is 2.81. The van der Waals surface area contributed by atoms with Gasteiger partial charge in [0.05, 0.1) is 6.61 Å². The number of ether oxygens (including phenoxy) is 1.